The van der Waals surface area contributed by atoms with Crippen LogP contribution in [0.4, 0.5) is 0 Å². The Balaban J connectivity index is 1.77. The van der Waals surface area contributed by atoms with Gasteiger partial charge >= 0.3 is 0 Å². The van der Waals surface area contributed by atoms with Crippen molar-refractivity contribution in [2.75, 3.05) is 6.54 Å². The number of benzene rings is 2. The smallest absolute Gasteiger partial charge is 0.00684 e. The minimum Gasteiger partial charge on any atom is -0.313 e. The van der Waals surface area contributed by atoms with Crippen LogP contribution < -0.4 is 5.32 Å². The van der Waals surface area contributed by atoms with Crippen molar-refractivity contribution >= 4 is 0 Å². The van der Waals surface area contributed by atoms with Crippen molar-refractivity contribution < 1.29 is 0 Å². The fourth-order valence-electron chi connectivity index (χ4n) is 2.95. The summed E-state index contributed by atoms with van der Waals surface area (Å²) in [6, 6.07) is 18.7. The summed E-state index contributed by atoms with van der Waals surface area (Å²) in [4.78, 5) is 0. The maximum Gasteiger partial charge on any atom is 0.00684 e. The third-order valence-corrected chi connectivity index (χ3v) is 4.31. The zero-order valence-corrected chi connectivity index (χ0v) is 13.1. The first-order chi connectivity index (χ1) is 10.2. The fraction of sp³-hybridized carbons (Fsp3) is 0.400. The van der Waals surface area contributed by atoms with Gasteiger partial charge in [-0.1, -0.05) is 59.7 Å². The second-order valence-corrected chi connectivity index (χ2v) is 6.49. The average Bonchev–Trinajstić information content (AvgIpc) is 3.27. The van der Waals surface area contributed by atoms with Gasteiger partial charge in [0.15, 0.2) is 0 Å². The normalized spacial score (nSPS) is 15.9. The molecular formula is C20H25N. The molecule has 110 valence electrons. The highest BCUT2D eigenvalue weighted by molar-refractivity contribution is 5.29. The molecule has 0 radical (unpaired) electrons. The summed E-state index contributed by atoms with van der Waals surface area (Å²) in [5.74, 6) is 0.562. The maximum absolute atomic E-state index is 3.71. The molecule has 0 amide bonds. The average molecular weight is 279 g/mol. The lowest BCUT2D eigenvalue weighted by Crippen LogP contribution is -2.25. The van der Waals surface area contributed by atoms with E-state index in [0.717, 1.165) is 19.0 Å². The number of hydrogen-bond acceptors (Lipinski definition) is 1. The second-order valence-electron chi connectivity index (χ2n) is 6.49. The summed E-state index contributed by atoms with van der Waals surface area (Å²) in [7, 11) is 0. The van der Waals surface area contributed by atoms with Crippen LogP contribution in [0.1, 0.15) is 41.0 Å². The van der Waals surface area contributed by atoms with Crippen LogP contribution in [0.2, 0.25) is 0 Å². The van der Waals surface area contributed by atoms with E-state index < -0.39 is 0 Å². The summed E-state index contributed by atoms with van der Waals surface area (Å²) in [5.41, 5.74) is 5.61. The molecule has 2 aromatic rings. The molecular weight excluding hydrogens is 254 g/mol. The van der Waals surface area contributed by atoms with Crippen LogP contribution in [0.15, 0.2) is 48.5 Å². The van der Waals surface area contributed by atoms with Crippen LogP contribution in [0, 0.1) is 13.8 Å². The van der Waals surface area contributed by atoms with Crippen LogP contribution >= 0.6 is 0 Å². The summed E-state index contributed by atoms with van der Waals surface area (Å²) >= 11 is 0. The standard InChI is InChI=1S/C20H25N/c1-15-5-3-7-17(11-15)13-19(14-21-20-9-10-20)18-8-4-6-16(2)12-18/h3-8,11-12,19-21H,9-10,13-14H2,1-2H3. The van der Waals surface area contributed by atoms with E-state index in [2.05, 4.69) is 67.7 Å². The third-order valence-electron chi connectivity index (χ3n) is 4.31. The van der Waals surface area contributed by atoms with Gasteiger partial charge in [0.2, 0.25) is 0 Å². The molecule has 3 rings (SSSR count). The molecule has 0 spiro atoms. The molecule has 1 N–H and O–H groups in total. The largest absolute Gasteiger partial charge is 0.313 e. The minimum absolute atomic E-state index is 0.562. The fourth-order valence-corrected chi connectivity index (χ4v) is 2.95. The number of rotatable bonds is 6. The summed E-state index contributed by atoms with van der Waals surface area (Å²) in [5, 5.41) is 3.71. The Labute approximate surface area is 128 Å². The first-order valence-corrected chi connectivity index (χ1v) is 8.06. The Morgan fingerprint density at radius 1 is 1.00 bits per heavy atom. The van der Waals surface area contributed by atoms with Gasteiger partial charge in [-0.15, -0.1) is 0 Å². The third kappa shape index (κ3) is 4.18. The Morgan fingerprint density at radius 2 is 1.71 bits per heavy atom. The zero-order valence-electron chi connectivity index (χ0n) is 13.1. The van der Waals surface area contributed by atoms with Gasteiger partial charge in [-0.3, -0.25) is 0 Å². The van der Waals surface area contributed by atoms with E-state index in [4.69, 9.17) is 0 Å². The van der Waals surface area contributed by atoms with Crippen molar-refractivity contribution in [3.63, 3.8) is 0 Å². The van der Waals surface area contributed by atoms with E-state index in [9.17, 15) is 0 Å². The van der Waals surface area contributed by atoms with Crippen molar-refractivity contribution in [2.24, 2.45) is 0 Å². The SMILES string of the molecule is Cc1cccc(CC(CNC2CC2)c2cccc(C)c2)c1. The van der Waals surface area contributed by atoms with E-state index in [1.807, 2.05) is 0 Å². The van der Waals surface area contributed by atoms with E-state index in [-0.39, 0.29) is 0 Å². The Hall–Kier alpha value is -1.60. The number of hydrogen-bond donors (Lipinski definition) is 1. The molecule has 1 heteroatoms. The number of nitrogens with one attached hydrogen (secondary N) is 1. The zero-order chi connectivity index (χ0) is 14.7. The van der Waals surface area contributed by atoms with Crippen LogP contribution in [0.25, 0.3) is 0 Å². The van der Waals surface area contributed by atoms with Crippen molar-refractivity contribution in [1.82, 2.24) is 5.32 Å². The van der Waals surface area contributed by atoms with Gasteiger partial charge in [0.1, 0.15) is 0 Å². The molecule has 1 aliphatic rings. The molecule has 21 heavy (non-hydrogen) atoms. The molecule has 1 atom stereocenters. The summed E-state index contributed by atoms with van der Waals surface area (Å²) in [6.07, 6.45) is 3.82. The summed E-state index contributed by atoms with van der Waals surface area (Å²) < 4.78 is 0. The van der Waals surface area contributed by atoms with Gasteiger partial charge in [0.05, 0.1) is 0 Å². The predicted octanol–water partition coefficient (Wildman–Crippen LogP) is 4.38. The molecule has 0 saturated heterocycles. The molecule has 0 heterocycles. The van der Waals surface area contributed by atoms with E-state index in [0.29, 0.717) is 5.92 Å². The molecule has 1 aliphatic carbocycles. The highest BCUT2D eigenvalue weighted by Crippen LogP contribution is 2.25. The molecule has 2 aromatic carbocycles. The van der Waals surface area contributed by atoms with Gasteiger partial charge in [-0.25, -0.2) is 0 Å². The Bertz CT molecular complexity index is 598. The van der Waals surface area contributed by atoms with Gasteiger partial charge in [-0.2, -0.15) is 0 Å². The summed E-state index contributed by atoms with van der Waals surface area (Å²) in [6.45, 7) is 5.44. The lowest BCUT2D eigenvalue weighted by atomic mass is 9.90. The molecule has 0 bridgehead atoms. The molecule has 1 nitrogen and oxygen atoms in total. The minimum atomic E-state index is 0.562. The van der Waals surface area contributed by atoms with Gasteiger partial charge in [0, 0.05) is 18.5 Å². The van der Waals surface area contributed by atoms with Crippen LogP contribution in [-0.4, -0.2) is 12.6 Å². The van der Waals surface area contributed by atoms with E-state index in [1.54, 1.807) is 0 Å². The second kappa shape index (κ2) is 6.44. The van der Waals surface area contributed by atoms with Crippen molar-refractivity contribution in [2.45, 2.75) is 45.1 Å². The van der Waals surface area contributed by atoms with Crippen molar-refractivity contribution in [1.29, 1.82) is 0 Å². The Morgan fingerprint density at radius 3 is 2.38 bits per heavy atom. The van der Waals surface area contributed by atoms with Crippen molar-refractivity contribution in [3.8, 4) is 0 Å². The Kier molecular flexibility index (Phi) is 4.40. The first-order valence-electron chi connectivity index (χ1n) is 8.06. The lowest BCUT2D eigenvalue weighted by molar-refractivity contribution is 0.577. The molecule has 0 aromatic heterocycles. The molecule has 1 unspecified atom stereocenters. The van der Waals surface area contributed by atoms with Gasteiger partial charge in [0.25, 0.3) is 0 Å². The van der Waals surface area contributed by atoms with Crippen molar-refractivity contribution in [3.05, 3.63) is 70.8 Å². The molecule has 1 saturated carbocycles. The van der Waals surface area contributed by atoms with Crippen LogP contribution in [0.5, 0.6) is 0 Å². The van der Waals surface area contributed by atoms with Crippen LogP contribution in [-0.2, 0) is 6.42 Å². The predicted molar refractivity (Wildman–Crippen MR) is 89.8 cm³/mol. The first kappa shape index (κ1) is 14.3. The van der Waals surface area contributed by atoms with E-state index in [1.165, 1.54) is 35.1 Å². The lowest BCUT2D eigenvalue weighted by Gasteiger charge is -2.19. The molecule has 0 aliphatic heterocycles. The van der Waals surface area contributed by atoms with Gasteiger partial charge < -0.3 is 5.32 Å². The van der Waals surface area contributed by atoms with Gasteiger partial charge in [-0.05, 0) is 44.2 Å². The van der Waals surface area contributed by atoms with E-state index >= 15 is 0 Å². The highest BCUT2D eigenvalue weighted by Gasteiger charge is 2.22. The maximum atomic E-state index is 3.71. The molecule has 1 fully saturated rings. The van der Waals surface area contributed by atoms with Crippen LogP contribution in [0.3, 0.4) is 0 Å². The highest BCUT2D eigenvalue weighted by atomic mass is 14.9. The topological polar surface area (TPSA) is 12.0 Å². The quantitative estimate of drug-likeness (QED) is 0.827. The monoisotopic (exact) mass is 279 g/mol. The number of aryl methyl sites for hydroxylation is 2.